The first-order chi connectivity index (χ1) is 28.3. The van der Waals surface area contributed by atoms with E-state index in [4.69, 9.17) is 19.4 Å². The average molecular weight is 730 g/mol. The topological polar surface area (TPSA) is 61.7 Å². The highest BCUT2D eigenvalue weighted by atomic mass is 16.3. The molecule has 0 spiro atoms. The predicted molar refractivity (Wildman–Crippen MR) is 232 cm³/mol. The van der Waals surface area contributed by atoms with Gasteiger partial charge in [-0.15, -0.1) is 0 Å². The number of hydrogen-bond acceptors (Lipinski definition) is 4. The summed E-state index contributed by atoms with van der Waals surface area (Å²) in [7, 11) is 0. The molecule has 6 heteroatoms. The lowest BCUT2D eigenvalue weighted by Crippen LogP contribution is -2.07. The molecule has 0 aliphatic heterocycles. The first kappa shape index (κ1) is 31.5. The van der Waals surface area contributed by atoms with Crippen LogP contribution in [0.2, 0.25) is 0 Å². The molecule has 0 unspecified atom stereocenters. The molecule has 0 saturated carbocycles. The number of fused-ring (bicyclic) bond motifs is 10. The van der Waals surface area contributed by atoms with E-state index in [0.717, 1.165) is 82.7 Å². The molecule has 0 atom stereocenters. The minimum absolute atomic E-state index is 0.536. The second-order valence-electron chi connectivity index (χ2n) is 14.4. The molecule has 0 bridgehead atoms. The smallest absolute Gasteiger partial charge is 0.238 e. The van der Waals surface area contributed by atoms with Gasteiger partial charge in [-0.1, -0.05) is 140 Å². The summed E-state index contributed by atoms with van der Waals surface area (Å²) >= 11 is 0. The van der Waals surface area contributed by atoms with E-state index in [1.54, 1.807) is 0 Å². The highest BCUT2D eigenvalue weighted by molar-refractivity contribution is 6.29. The van der Waals surface area contributed by atoms with Crippen LogP contribution < -0.4 is 0 Å². The molecular weight excluding hydrogens is 699 g/mol. The molecule has 57 heavy (non-hydrogen) atoms. The fourth-order valence-corrected chi connectivity index (χ4v) is 8.67. The highest BCUT2D eigenvalue weighted by Crippen LogP contribution is 2.46. The number of para-hydroxylation sites is 4. The summed E-state index contributed by atoms with van der Waals surface area (Å²) in [6, 6.07) is 65.5. The van der Waals surface area contributed by atoms with Crippen LogP contribution in [0, 0.1) is 0 Å². The Morgan fingerprint density at radius 1 is 0.368 bits per heavy atom. The third-order valence-electron chi connectivity index (χ3n) is 11.2. The summed E-state index contributed by atoms with van der Waals surface area (Å²) in [5.74, 6) is 1.69. The van der Waals surface area contributed by atoms with E-state index in [1.807, 2.05) is 42.5 Å². The summed E-state index contributed by atoms with van der Waals surface area (Å²) in [5.41, 5.74) is 11.0. The molecule has 0 aliphatic carbocycles. The number of aromatic nitrogens is 5. The second kappa shape index (κ2) is 12.3. The van der Waals surface area contributed by atoms with E-state index in [1.165, 1.54) is 10.8 Å². The van der Waals surface area contributed by atoms with Crippen molar-refractivity contribution in [2.24, 2.45) is 0 Å². The zero-order valence-corrected chi connectivity index (χ0v) is 30.5. The molecule has 0 aliphatic rings. The fraction of sp³-hybridized carbons (Fsp3) is 0. The molecule has 0 radical (unpaired) electrons. The standard InChI is InChI=1S/C51H31N5O/c1-4-16-32(17-5-1)40-31-41-36-22-10-13-25-42(36)55(35-20-8-3-9-21-35)48(41)46-39-24-11-14-26-43(39)56(47(40)46)51-53-49(33-18-6-2-7-19-33)52-50(54-51)34-28-29-38-37-23-12-15-27-44(37)57-45(38)30-34/h1-31H. The van der Waals surface area contributed by atoms with Crippen LogP contribution >= 0.6 is 0 Å². The van der Waals surface area contributed by atoms with E-state index in [9.17, 15) is 0 Å². The lowest BCUT2D eigenvalue weighted by atomic mass is 9.98. The van der Waals surface area contributed by atoms with Crippen molar-refractivity contribution in [1.82, 2.24) is 24.1 Å². The van der Waals surface area contributed by atoms with Gasteiger partial charge in [0.1, 0.15) is 11.2 Å². The molecule has 12 rings (SSSR count). The quantitative estimate of drug-likeness (QED) is 0.177. The largest absolute Gasteiger partial charge is 0.456 e. The van der Waals surface area contributed by atoms with Gasteiger partial charge in [0.25, 0.3) is 0 Å². The molecule has 4 heterocycles. The molecular formula is C51H31N5O. The van der Waals surface area contributed by atoms with Crippen molar-refractivity contribution in [3.8, 4) is 45.5 Å². The summed E-state index contributed by atoms with van der Waals surface area (Å²) in [6.07, 6.45) is 0. The van der Waals surface area contributed by atoms with E-state index in [2.05, 4.69) is 155 Å². The maximum Gasteiger partial charge on any atom is 0.238 e. The molecule has 0 fully saturated rings. The van der Waals surface area contributed by atoms with Crippen LogP contribution in [0.4, 0.5) is 0 Å². The number of furan rings is 1. The fourth-order valence-electron chi connectivity index (χ4n) is 8.67. The van der Waals surface area contributed by atoms with E-state index in [-0.39, 0.29) is 0 Å². The van der Waals surface area contributed by atoms with Crippen LogP contribution in [0.5, 0.6) is 0 Å². The summed E-state index contributed by atoms with van der Waals surface area (Å²) < 4.78 is 11.0. The van der Waals surface area contributed by atoms with Gasteiger partial charge < -0.3 is 8.98 Å². The molecule has 0 N–H and O–H groups in total. The molecule has 6 nitrogen and oxygen atoms in total. The lowest BCUT2D eigenvalue weighted by Gasteiger charge is -2.14. The minimum atomic E-state index is 0.536. The average Bonchev–Trinajstić information content (AvgIpc) is 3.94. The van der Waals surface area contributed by atoms with Crippen molar-refractivity contribution in [2.75, 3.05) is 0 Å². The predicted octanol–water partition coefficient (Wildman–Crippen LogP) is 13.0. The Morgan fingerprint density at radius 3 is 1.70 bits per heavy atom. The summed E-state index contributed by atoms with van der Waals surface area (Å²) in [6.45, 7) is 0. The van der Waals surface area contributed by atoms with Crippen LogP contribution in [0.3, 0.4) is 0 Å². The third-order valence-corrected chi connectivity index (χ3v) is 11.2. The van der Waals surface area contributed by atoms with Crippen LogP contribution in [-0.4, -0.2) is 24.1 Å². The van der Waals surface area contributed by atoms with Gasteiger partial charge in [-0.2, -0.15) is 9.97 Å². The summed E-state index contributed by atoms with van der Waals surface area (Å²) in [4.78, 5) is 15.8. The van der Waals surface area contributed by atoms with Crippen LogP contribution in [0.1, 0.15) is 0 Å². The first-order valence-electron chi connectivity index (χ1n) is 19.1. The molecule has 0 amide bonds. The van der Waals surface area contributed by atoms with Gasteiger partial charge >= 0.3 is 0 Å². The van der Waals surface area contributed by atoms with Gasteiger partial charge in [0.15, 0.2) is 11.6 Å². The zero-order chi connectivity index (χ0) is 37.5. The maximum absolute atomic E-state index is 6.35. The Labute approximate surface area is 326 Å². The monoisotopic (exact) mass is 729 g/mol. The maximum atomic E-state index is 6.35. The summed E-state index contributed by atoms with van der Waals surface area (Å²) in [5, 5.41) is 6.76. The zero-order valence-electron chi connectivity index (χ0n) is 30.5. The Balaban J connectivity index is 1.24. The number of rotatable bonds is 5. The van der Waals surface area contributed by atoms with Crippen molar-refractivity contribution < 1.29 is 4.42 Å². The molecule has 4 aromatic heterocycles. The van der Waals surface area contributed by atoms with Crippen molar-refractivity contribution in [1.29, 1.82) is 0 Å². The van der Waals surface area contributed by atoms with Crippen LogP contribution in [0.25, 0.3) is 111 Å². The Hall–Kier alpha value is -7.83. The van der Waals surface area contributed by atoms with Crippen molar-refractivity contribution in [3.05, 3.63) is 188 Å². The first-order valence-corrected chi connectivity index (χ1v) is 19.1. The number of nitrogens with zero attached hydrogens (tertiary/aromatic N) is 5. The number of hydrogen-bond donors (Lipinski definition) is 0. The SMILES string of the molecule is c1ccc(-c2nc(-c3ccc4c(c3)oc3ccccc34)nc(-n3c4ccccc4c4c3c(-c3ccccc3)cc3c5ccccc5n(-c5ccccc5)c34)n2)cc1. The molecule has 0 saturated heterocycles. The third kappa shape index (κ3) is 4.81. The van der Waals surface area contributed by atoms with E-state index < -0.39 is 0 Å². The lowest BCUT2D eigenvalue weighted by molar-refractivity contribution is 0.669. The molecule has 266 valence electrons. The Bertz CT molecular complexity index is 3510. The van der Waals surface area contributed by atoms with Crippen molar-refractivity contribution in [2.45, 2.75) is 0 Å². The van der Waals surface area contributed by atoms with Gasteiger partial charge in [-0.3, -0.25) is 4.57 Å². The van der Waals surface area contributed by atoms with Gasteiger partial charge in [0.2, 0.25) is 5.95 Å². The van der Waals surface area contributed by atoms with Gasteiger partial charge in [0.05, 0.1) is 22.1 Å². The van der Waals surface area contributed by atoms with Crippen LogP contribution in [0.15, 0.2) is 192 Å². The van der Waals surface area contributed by atoms with Gasteiger partial charge in [0, 0.05) is 54.7 Å². The van der Waals surface area contributed by atoms with Gasteiger partial charge in [-0.05, 0) is 54.1 Å². The van der Waals surface area contributed by atoms with Crippen molar-refractivity contribution >= 4 is 65.6 Å². The van der Waals surface area contributed by atoms with Gasteiger partial charge in [-0.25, -0.2) is 4.98 Å². The highest BCUT2D eigenvalue weighted by Gasteiger charge is 2.26. The van der Waals surface area contributed by atoms with E-state index in [0.29, 0.717) is 17.6 Å². The van der Waals surface area contributed by atoms with Crippen molar-refractivity contribution in [3.63, 3.8) is 0 Å². The Morgan fingerprint density at radius 2 is 0.947 bits per heavy atom. The van der Waals surface area contributed by atoms with E-state index >= 15 is 0 Å². The molecule has 12 aromatic rings. The number of benzene rings is 8. The molecule has 8 aromatic carbocycles. The van der Waals surface area contributed by atoms with Crippen LogP contribution in [-0.2, 0) is 0 Å². The minimum Gasteiger partial charge on any atom is -0.456 e. The normalized spacial score (nSPS) is 11.9. The Kier molecular flexibility index (Phi) is 6.83. The second-order valence-corrected chi connectivity index (χ2v) is 14.4.